The Balaban J connectivity index is 2.21. The second-order valence-corrected chi connectivity index (χ2v) is 5.33. The minimum absolute atomic E-state index is 0.607. The summed E-state index contributed by atoms with van der Waals surface area (Å²) >= 11 is 1.80. The summed E-state index contributed by atoms with van der Waals surface area (Å²) in [4.78, 5) is 2.57. The zero-order valence-corrected chi connectivity index (χ0v) is 11.1. The van der Waals surface area contributed by atoms with Crippen molar-refractivity contribution >= 4 is 11.8 Å². The second kappa shape index (κ2) is 5.39. The minimum Gasteiger partial charge on any atom is -0.326 e. The van der Waals surface area contributed by atoms with Crippen LogP contribution in [-0.4, -0.2) is 0 Å². The van der Waals surface area contributed by atoms with Crippen LogP contribution >= 0.6 is 11.8 Å². The largest absolute Gasteiger partial charge is 0.326 e. The molecule has 0 aromatic heterocycles. The molecule has 0 bridgehead atoms. The molecule has 17 heavy (non-hydrogen) atoms. The molecule has 0 aliphatic rings. The van der Waals surface area contributed by atoms with Crippen LogP contribution in [0.15, 0.2) is 52.3 Å². The van der Waals surface area contributed by atoms with Gasteiger partial charge in [-0.1, -0.05) is 41.6 Å². The van der Waals surface area contributed by atoms with Gasteiger partial charge in [-0.05, 0) is 43.2 Å². The lowest BCUT2D eigenvalue weighted by Gasteiger charge is -2.07. The summed E-state index contributed by atoms with van der Waals surface area (Å²) < 4.78 is 0. The van der Waals surface area contributed by atoms with E-state index in [4.69, 9.17) is 5.73 Å². The summed E-state index contributed by atoms with van der Waals surface area (Å²) in [5.41, 5.74) is 9.41. The molecule has 0 aliphatic carbocycles. The summed E-state index contributed by atoms with van der Waals surface area (Å²) in [6.45, 7) is 4.85. The molecule has 2 heteroatoms. The minimum atomic E-state index is 0.607. The van der Waals surface area contributed by atoms with Crippen molar-refractivity contribution < 1.29 is 0 Å². The van der Waals surface area contributed by atoms with Gasteiger partial charge in [0.2, 0.25) is 0 Å². The Kier molecular flexibility index (Phi) is 3.87. The van der Waals surface area contributed by atoms with Crippen LogP contribution in [0.3, 0.4) is 0 Å². The van der Waals surface area contributed by atoms with Crippen LogP contribution in [0.1, 0.15) is 16.7 Å². The highest BCUT2D eigenvalue weighted by Crippen LogP contribution is 2.30. The third-order valence-corrected chi connectivity index (χ3v) is 3.91. The Morgan fingerprint density at radius 2 is 1.71 bits per heavy atom. The number of nitrogens with two attached hydrogens (primary N) is 1. The summed E-state index contributed by atoms with van der Waals surface area (Å²) in [6, 6.07) is 15.0. The monoisotopic (exact) mass is 243 g/mol. The Morgan fingerprint density at radius 1 is 1.00 bits per heavy atom. The maximum atomic E-state index is 5.63. The molecule has 2 aromatic carbocycles. The summed E-state index contributed by atoms with van der Waals surface area (Å²) in [5, 5.41) is 0. The number of rotatable bonds is 3. The average molecular weight is 243 g/mol. The predicted molar refractivity (Wildman–Crippen MR) is 74.4 cm³/mol. The highest BCUT2D eigenvalue weighted by Gasteiger charge is 2.02. The van der Waals surface area contributed by atoms with Crippen LogP contribution in [0, 0.1) is 13.8 Å². The molecule has 0 atom stereocenters. The molecule has 0 radical (unpaired) electrons. The molecular formula is C15H17NS. The quantitative estimate of drug-likeness (QED) is 0.884. The molecule has 0 saturated carbocycles. The van der Waals surface area contributed by atoms with E-state index in [1.165, 1.54) is 26.5 Å². The van der Waals surface area contributed by atoms with Gasteiger partial charge in [0.05, 0.1) is 0 Å². The fraction of sp³-hybridized carbons (Fsp3) is 0.200. The lowest BCUT2D eigenvalue weighted by Crippen LogP contribution is -1.96. The number of hydrogen-bond donors (Lipinski definition) is 1. The molecule has 0 amide bonds. The lowest BCUT2D eigenvalue weighted by atomic mass is 10.1. The Bertz CT molecular complexity index is 503. The molecule has 1 nitrogen and oxygen atoms in total. The van der Waals surface area contributed by atoms with E-state index < -0.39 is 0 Å². The van der Waals surface area contributed by atoms with E-state index in [0.29, 0.717) is 6.54 Å². The van der Waals surface area contributed by atoms with Crippen molar-refractivity contribution in [1.29, 1.82) is 0 Å². The molecule has 0 fully saturated rings. The van der Waals surface area contributed by atoms with Crippen molar-refractivity contribution in [2.75, 3.05) is 0 Å². The smallest absolute Gasteiger partial charge is 0.0178 e. The highest BCUT2D eigenvalue weighted by atomic mass is 32.2. The van der Waals surface area contributed by atoms with Crippen LogP contribution in [0.2, 0.25) is 0 Å². The van der Waals surface area contributed by atoms with E-state index in [1.54, 1.807) is 11.8 Å². The first-order valence-electron chi connectivity index (χ1n) is 5.73. The fourth-order valence-electron chi connectivity index (χ4n) is 1.69. The van der Waals surface area contributed by atoms with Gasteiger partial charge in [-0.25, -0.2) is 0 Å². The molecule has 0 aliphatic heterocycles. The first-order chi connectivity index (χ1) is 8.19. The van der Waals surface area contributed by atoms with Crippen molar-refractivity contribution in [3.05, 3.63) is 59.2 Å². The average Bonchev–Trinajstić information content (AvgIpc) is 2.34. The van der Waals surface area contributed by atoms with Crippen LogP contribution in [0.5, 0.6) is 0 Å². The third kappa shape index (κ3) is 3.11. The molecule has 0 heterocycles. The van der Waals surface area contributed by atoms with Gasteiger partial charge in [0.15, 0.2) is 0 Å². The maximum absolute atomic E-state index is 5.63. The van der Waals surface area contributed by atoms with Crippen LogP contribution in [-0.2, 0) is 6.54 Å². The van der Waals surface area contributed by atoms with Crippen molar-refractivity contribution in [2.45, 2.75) is 30.2 Å². The number of hydrogen-bond acceptors (Lipinski definition) is 2. The Morgan fingerprint density at radius 3 is 2.29 bits per heavy atom. The molecule has 0 unspecified atom stereocenters. The van der Waals surface area contributed by atoms with Crippen molar-refractivity contribution in [1.82, 2.24) is 0 Å². The van der Waals surface area contributed by atoms with Crippen LogP contribution in [0.4, 0.5) is 0 Å². The van der Waals surface area contributed by atoms with Gasteiger partial charge >= 0.3 is 0 Å². The third-order valence-electron chi connectivity index (χ3n) is 2.72. The van der Waals surface area contributed by atoms with Gasteiger partial charge < -0.3 is 5.73 Å². The molecule has 0 spiro atoms. The topological polar surface area (TPSA) is 26.0 Å². The normalized spacial score (nSPS) is 10.5. The summed E-state index contributed by atoms with van der Waals surface area (Å²) in [7, 11) is 0. The SMILES string of the molecule is Cc1ccc(Sc2ccc(CN)cc2C)cc1. The molecule has 0 saturated heterocycles. The predicted octanol–water partition coefficient (Wildman–Crippen LogP) is 3.91. The van der Waals surface area contributed by atoms with Crippen LogP contribution in [0.25, 0.3) is 0 Å². The standard InChI is InChI=1S/C15H17NS/c1-11-3-6-14(7-4-11)17-15-8-5-13(10-16)9-12(15)2/h3-9H,10,16H2,1-2H3. The zero-order chi connectivity index (χ0) is 12.3. The number of aryl methyl sites for hydroxylation is 2. The van der Waals surface area contributed by atoms with Crippen molar-refractivity contribution in [3.63, 3.8) is 0 Å². The van der Waals surface area contributed by atoms with E-state index in [1.807, 2.05) is 0 Å². The Labute approximate surface area is 107 Å². The van der Waals surface area contributed by atoms with Crippen LogP contribution < -0.4 is 5.73 Å². The van der Waals surface area contributed by atoms with Crippen molar-refractivity contribution in [3.8, 4) is 0 Å². The van der Waals surface area contributed by atoms with E-state index in [2.05, 4.69) is 56.3 Å². The summed E-state index contributed by atoms with van der Waals surface area (Å²) in [6.07, 6.45) is 0. The molecule has 2 N–H and O–H groups in total. The highest BCUT2D eigenvalue weighted by molar-refractivity contribution is 7.99. The Hall–Kier alpha value is -1.25. The second-order valence-electron chi connectivity index (χ2n) is 4.22. The van der Waals surface area contributed by atoms with Gasteiger partial charge in [-0.2, -0.15) is 0 Å². The lowest BCUT2D eigenvalue weighted by molar-refractivity contribution is 1.06. The molecule has 88 valence electrons. The van der Waals surface area contributed by atoms with Gasteiger partial charge in [0.1, 0.15) is 0 Å². The van der Waals surface area contributed by atoms with Gasteiger partial charge in [0.25, 0.3) is 0 Å². The molecule has 2 aromatic rings. The van der Waals surface area contributed by atoms with Gasteiger partial charge in [0, 0.05) is 16.3 Å². The first-order valence-corrected chi connectivity index (χ1v) is 6.55. The fourth-order valence-corrected chi connectivity index (χ4v) is 2.57. The first kappa shape index (κ1) is 12.2. The van der Waals surface area contributed by atoms with Gasteiger partial charge in [-0.3, -0.25) is 0 Å². The molecular weight excluding hydrogens is 226 g/mol. The van der Waals surface area contributed by atoms with Crippen molar-refractivity contribution in [2.24, 2.45) is 5.73 Å². The van der Waals surface area contributed by atoms with E-state index >= 15 is 0 Å². The van der Waals surface area contributed by atoms with E-state index in [0.717, 1.165) is 0 Å². The number of benzene rings is 2. The summed E-state index contributed by atoms with van der Waals surface area (Å²) in [5.74, 6) is 0. The molecule has 2 rings (SSSR count). The maximum Gasteiger partial charge on any atom is 0.0178 e. The zero-order valence-electron chi connectivity index (χ0n) is 10.2. The van der Waals surface area contributed by atoms with E-state index in [-0.39, 0.29) is 0 Å². The van der Waals surface area contributed by atoms with Gasteiger partial charge in [-0.15, -0.1) is 0 Å². The van der Waals surface area contributed by atoms with E-state index in [9.17, 15) is 0 Å².